The number of hydrogen-bond donors (Lipinski definition) is 1. The number of pyridine rings is 1. The number of hydrogen-bond acceptors (Lipinski definition) is 3. The molecule has 1 saturated heterocycles. The molecule has 0 radical (unpaired) electrons. The van der Waals surface area contributed by atoms with E-state index in [9.17, 15) is 9.59 Å². The van der Waals surface area contributed by atoms with E-state index in [1.165, 1.54) is 4.90 Å². The number of carbonyl (C=O) groups excluding carboxylic acids is 2. The molecule has 5 rings (SSSR count). The summed E-state index contributed by atoms with van der Waals surface area (Å²) >= 11 is 0. The zero-order chi connectivity index (χ0) is 20.6. The molecule has 1 N–H and O–H groups in total. The molecule has 1 atom stereocenters. The minimum Gasteiger partial charge on any atom is -0.361 e. The lowest BCUT2D eigenvalue weighted by Crippen LogP contribution is -2.40. The van der Waals surface area contributed by atoms with Crippen LogP contribution in [0.15, 0.2) is 85.2 Å². The van der Waals surface area contributed by atoms with Gasteiger partial charge in [0.1, 0.15) is 0 Å². The van der Waals surface area contributed by atoms with Gasteiger partial charge in [0, 0.05) is 36.4 Å². The third-order valence-corrected chi connectivity index (χ3v) is 5.91. The standard InChI is InChI=1S/C25H21N3O2/c29-23-16-25(15-21-8-4-5-12-26-21,20-9-10-22-19(14-20)11-13-27-22)24(30)28(23)17-18-6-2-1-3-7-18/h1-14,27H,15-17H2. The van der Waals surface area contributed by atoms with Crippen LogP contribution < -0.4 is 0 Å². The van der Waals surface area contributed by atoms with Crippen molar-refractivity contribution in [3.63, 3.8) is 0 Å². The van der Waals surface area contributed by atoms with Gasteiger partial charge in [-0.05, 0) is 46.8 Å². The first kappa shape index (κ1) is 18.3. The lowest BCUT2D eigenvalue weighted by Gasteiger charge is -2.27. The van der Waals surface area contributed by atoms with E-state index in [0.717, 1.165) is 27.7 Å². The summed E-state index contributed by atoms with van der Waals surface area (Å²) in [7, 11) is 0. The molecule has 1 aliphatic heterocycles. The Morgan fingerprint density at radius 1 is 0.967 bits per heavy atom. The van der Waals surface area contributed by atoms with Gasteiger partial charge in [-0.25, -0.2) is 0 Å². The summed E-state index contributed by atoms with van der Waals surface area (Å²) in [6.45, 7) is 0.287. The molecule has 0 bridgehead atoms. The monoisotopic (exact) mass is 395 g/mol. The predicted molar refractivity (Wildman–Crippen MR) is 115 cm³/mol. The molecule has 0 aliphatic carbocycles. The van der Waals surface area contributed by atoms with E-state index in [1.54, 1.807) is 6.20 Å². The zero-order valence-corrected chi connectivity index (χ0v) is 16.4. The average Bonchev–Trinajstić information content (AvgIpc) is 3.34. The number of aromatic nitrogens is 2. The van der Waals surface area contributed by atoms with Gasteiger partial charge in [-0.3, -0.25) is 19.5 Å². The number of fused-ring (bicyclic) bond motifs is 1. The molecular weight excluding hydrogens is 374 g/mol. The number of amides is 2. The minimum atomic E-state index is -0.953. The molecule has 1 aliphatic rings. The maximum absolute atomic E-state index is 13.8. The summed E-state index contributed by atoms with van der Waals surface area (Å²) in [5, 5.41) is 1.02. The molecule has 2 amide bonds. The Hall–Kier alpha value is -3.73. The molecule has 0 spiro atoms. The summed E-state index contributed by atoms with van der Waals surface area (Å²) in [5.41, 5.74) is 2.65. The fourth-order valence-corrected chi connectivity index (χ4v) is 4.36. The summed E-state index contributed by atoms with van der Waals surface area (Å²) < 4.78 is 0. The van der Waals surface area contributed by atoms with Gasteiger partial charge in [-0.2, -0.15) is 0 Å². The van der Waals surface area contributed by atoms with Gasteiger partial charge in [-0.1, -0.05) is 42.5 Å². The number of H-pyrrole nitrogens is 1. The molecule has 5 heteroatoms. The van der Waals surface area contributed by atoms with Crippen LogP contribution in [0.3, 0.4) is 0 Å². The zero-order valence-electron chi connectivity index (χ0n) is 16.4. The van der Waals surface area contributed by atoms with Crippen LogP contribution in [0.4, 0.5) is 0 Å². The van der Waals surface area contributed by atoms with Crippen molar-refractivity contribution >= 4 is 22.7 Å². The Bertz CT molecular complexity index is 1220. The minimum absolute atomic E-state index is 0.144. The highest BCUT2D eigenvalue weighted by Gasteiger charge is 2.52. The van der Waals surface area contributed by atoms with E-state index in [2.05, 4.69) is 9.97 Å². The number of aromatic amines is 1. The second-order valence-electron chi connectivity index (χ2n) is 7.81. The molecule has 2 aromatic carbocycles. The van der Waals surface area contributed by atoms with E-state index in [4.69, 9.17) is 0 Å². The summed E-state index contributed by atoms with van der Waals surface area (Å²) in [6.07, 6.45) is 4.13. The van der Waals surface area contributed by atoms with E-state index >= 15 is 0 Å². The predicted octanol–water partition coefficient (Wildman–Crippen LogP) is 4.00. The van der Waals surface area contributed by atoms with Crippen molar-refractivity contribution < 1.29 is 9.59 Å². The number of likely N-dealkylation sites (tertiary alicyclic amines) is 1. The summed E-state index contributed by atoms with van der Waals surface area (Å²) in [6, 6.07) is 23.2. The fraction of sp³-hybridized carbons (Fsp3) is 0.160. The highest BCUT2D eigenvalue weighted by molar-refractivity contribution is 6.09. The topological polar surface area (TPSA) is 66.1 Å². The SMILES string of the molecule is O=C1CC(Cc2ccccn2)(c2ccc3[nH]ccc3c2)C(=O)N1Cc1ccccc1. The molecule has 4 aromatic rings. The highest BCUT2D eigenvalue weighted by Crippen LogP contribution is 2.41. The van der Waals surface area contributed by atoms with Gasteiger partial charge in [0.2, 0.25) is 11.8 Å². The van der Waals surface area contributed by atoms with E-state index in [1.807, 2.05) is 79.0 Å². The van der Waals surface area contributed by atoms with Crippen molar-refractivity contribution in [3.05, 3.63) is 102 Å². The van der Waals surface area contributed by atoms with Crippen molar-refractivity contribution in [2.45, 2.75) is 24.8 Å². The van der Waals surface area contributed by atoms with Crippen LogP contribution in [0.2, 0.25) is 0 Å². The Balaban J connectivity index is 1.59. The number of benzene rings is 2. The lowest BCUT2D eigenvalue weighted by molar-refractivity contribution is -0.140. The van der Waals surface area contributed by atoms with Gasteiger partial charge in [-0.15, -0.1) is 0 Å². The smallest absolute Gasteiger partial charge is 0.241 e. The average molecular weight is 395 g/mol. The Kier molecular flexibility index (Phi) is 4.43. The van der Waals surface area contributed by atoms with Gasteiger partial charge in [0.05, 0.1) is 12.0 Å². The molecule has 2 aromatic heterocycles. The molecule has 0 saturated carbocycles. The first-order valence-corrected chi connectivity index (χ1v) is 10.0. The van der Waals surface area contributed by atoms with Crippen LogP contribution in [0.1, 0.15) is 23.2 Å². The highest BCUT2D eigenvalue weighted by atomic mass is 16.2. The quantitative estimate of drug-likeness (QED) is 0.520. The van der Waals surface area contributed by atoms with Crippen LogP contribution in [-0.4, -0.2) is 26.7 Å². The first-order valence-electron chi connectivity index (χ1n) is 10.0. The third-order valence-electron chi connectivity index (χ3n) is 5.91. The number of imide groups is 1. The number of nitrogens with zero attached hydrogens (tertiary/aromatic N) is 2. The largest absolute Gasteiger partial charge is 0.361 e. The van der Waals surface area contributed by atoms with Crippen molar-refractivity contribution in [1.29, 1.82) is 0 Å². The van der Waals surface area contributed by atoms with Crippen molar-refractivity contribution in [1.82, 2.24) is 14.9 Å². The van der Waals surface area contributed by atoms with E-state index < -0.39 is 5.41 Å². The van der Waals surface area contributed by atoms with Crippen LogP contribution in [0, 0.1) is 0 Å². The van der Waals surface area contributed by atoms with Crippen molar-refractivity contribution in [2.24, 2.45) is 0 Å². The van der Waals surface area contributed by atoms with Crippen LogP contribution >= 0.6 is 0 Å². The molecular formula is C25H21N3O2. The Labute approximate surface area is 174 Å². The Morgan fingerprint density at radius 2 is 1.80 bits per heavy atom. The summed E-state index contributed by atoms with van der Waals surface area (Å²) in [5.74, 6) is -0.300. The fourth-order valence-electron chi connectivity index (χ4n) is 4.36. The third kappa shape index (κ3) is 3.08. The van der Waals surface area contributed by atoms with Gasteiger partial charge in [0.25, 0.3) is 0 Å². The van der Waals surface area contributed by atoms with E-state index in [-0.39, 0.29) is 24.8 Å². The second-order valence-corrected chi connectivity index (χ2v) is 7.81. The van der Waals surface area contributed by atoms with Crippen LogP contribution in [0.5, 0.6) is 0 Å². The molecule has 5 nitrogen and oxygen atoms in total. The second kappa shape index (κ2) is 7.26. The number of carbonyl (C=O) groups is 2. The molecule has 1 fully saturated rings. The summed E-state index contributed by atoms with van der Waals surface area (Å²) in [4.78, 5) is 35.9. The van der Waals surface area contributed by atoms with Crippen LogP contribution in [0.25, 0.3) is 10.9 Å². The van der Waals surface area contributed by atoms with Crippen molar-refractivity contribution in [2.75, 3.05) is 0 Å². The molecule has 148 valence electrons. The molecule has 30 heavy (non-hydrogen) atoms. The van der Waals surface area contributed by atoms with Gasteiger partial charge >= 0.3 is 0 Å². The molecule has 3 heterocycles. The lowest BCUT2D eigenvalue weighted by atomic mass is 9.74. The van der Waals surface area contributed by atoms with Gasteiger partial charge < -0.3 is 4.98 Å². The van der Waals surface area contributed by atoms with Crippen LogP contribution in [-0.2, 0) is 28.0 Å². The number of rotatable bonds is 5. The van der Waals surface area contributed by atoms with E-state index in [0.29, 0.717) is 6.42 Å². The van der Waals surface area contributed by atoms with Crippen molar-refractivity contribution in [3.8, 4) is 0 Å². The van der Waals surface area contributed by atoms with Gasteiger partial charge in [0.15, 0.2) is 0 Å². The maximum Gasteiger partial charge on any atom is 0.241 e. The maximum atomic E-state index is 13.8. The molecule has 1 unspecified atom stereocenters. The normalized spacial score (nSPS) is 19.0. The number of nitrogens with one attached hydrogen (secondary N) is 1. The first-order chi connectivity index (χ1) is 14.7. The Morgan fingerprint density at radius 3 is 2.60 bits per heavy atom.